The molecule has 0 atom stereocenters. The van der Waals surface area contributed by atoms with Crippen LogP contribution in [0.4, 0.5) is 14.5 Å². The molecule has 0 radical (unpaired) electrons. The average molecular weight is 290 g/mol. The Balaban J connectivity index is 2.26. The number of hydrogen-bond acceptors (Lipinski definition) is 2. The number of nitrogen functional groups attached to an aromatic ring is 1. The molecule has 0 unspecified atom stereocenters. The van der Waals surface area contributed by atoms with Gasteiger partial charge in [0.05, 0.1) is 5.56 Å². The van der Waals surface area contributed by atoms with Crippen molar-refractivity contribution in [3.63, 3.8) is 0 Å². The second kappa shape index (κ2) is 6.35. The minimum Gasteiger partial charge on any atom is -0.398 e. The van der Waals surface area contributed by atoms with Crippen LogP contribution in [0.5, 0.6) is 0 Å². The third kappa shape index (κ3) is 3.37. The molecule has 0 aliphatic heterocycles. The lowest BCUT2D eigenvalue weighted by Gasteiger charge is -2.22. The highest BCUT2D eigenvalue weighted by molar-refractivity contribution is 5.99. The highest BCUT2D eigenvalue weighted by Gasteiger charge is 2.19. The summed E-state index contributed by atoms with van der Waals surface area (Å²) < 4.78 is 26.4. The van der Waals surface area contributed by atoms with E-state index in [9.17, 15) is 13.6 Å². The molecule has 0 heterocycles. The summed E-state index contributed by atoms with van der Waals surface area (Å²) in [5.74, 6) is -2.56. The average Bonchev–Trinajstić information content (AvgIpc) is 2.49. The highest BCUT2D eigenvalue weighted by atomic mass is 19.2. The van der Waals surface area contributed by atoms with Gasteiger partial charge in [-0.1, -0.05) is 30.3 Å². The number of carbonyl (C=O) groups excluding carboxylic acids is 1. The van der Waals surface area contributed by atoms with Crippen LogP contribution in [0, 0.1) is 11.6 Å². The van der Waals surface area contributed by atoms with Gasteiger partial charge in [0.15, 0.2) is 11.6 Å². The topological polar surface area (TPSA) is 46.3 Å². The van der Waals surface area contributed by atoms with Gasteiger partial charge in [0.25, 0.3) is 5.91 Å². The van der Waals surface area contributed by atoms with E-state index >= 15 is 0 Å². The van der Waals surface area contributed by atoms with Crippen molar-refractivity contribution < 1.29 is 13.6 Å². The maximum atomic E-state index is 13.3. The molecule has 0 aliphatic rings. The van der Waals surface area contributed by atoms with Gasteiger partial charge in [0.1, 0.15) is 0 Å². The number of nitrogens with zero attached hydrogens (tertiary/aromatic N) is 1. The minimum absolute atomic E-state index is 0.0216. The second-order valence-electron chi connectivity index (χ2n) is 4.66. The Kier molecular flexibility index (Phi) is 4.52. The van der Waals surface area contributed by atoms with Crippen LogP contribution in [0.2, 0.25) is 0 Å². The molecule has 1 amide bonds. The van der Waals surface area contributed by atoms with Gasteiger partial charge in [-0.05, 0) is 18.6 Å². The SMILES string of the molecule is CCN(Cc1ccccc1)C(=O)c1cc(F)c(F)cc1N. The number of carbonyl (C=O) groups is 1. The van der Waals surface area contributed by atoms with E-state index in [2.05, 4.69) is 0 Å². The Labute approximate surface area is 122 Å². The lowest BCUT2D eigenvalue weighted by molar-refractivity contribution is 0.0753. The smallest absolute Gasteiger partial charge is 0.256 e. The summed E-state index contributed by atoms with van der Waals surface area (Å²) in [6.45, 7) is 2.64. The summed E-state index contributed by atoms with van der Waals surface area (Å²) in [5.41, 5.74) is 6.49. The van der Waals surface area contributed by atoms with Gasteiger partial charge in [-0.3, -0.25) is 4.79 Å². The molecule has 110 valence electrons. The summed E-state index contributed by atoms with van der Waals surface area (Å²) >= 11 is 0. The summed E-state index contributed by atoms with van der Waals surface area (Å²) in [6.07, 6.45) is 0. The molecule has 0 spiro atoms. The molecule has 0 saturated carbocycles. The first kappa shape index (κ1) is 15.0. The maximum absolute atomic E-state index is 13.3. The van der Waals surface area contributed by atoms with Crippen molar-refractivity contribution in [1.82, 2.24) is 4.90 Å². The fourth-order valence-corrected chi connectivity index (χ4v) is 2.05. The standard InChI is InChI=1S/C16H16F2N2O/c1-2-20(10-11-6-4-3-5-7-11)16(21)12-8-13(17)14(18)9-15(12)19/h3-9H,2,10,19H2,1H3. The molecule has 5 heteroatoms. The number of amides is 1. The number of nitrogens with two attached hydrogens (primary N) is 1. The molecule has 3 nitrogen and oxygen atoms in total. The van der Waals surface area contributed by atoms with Crippen molar-refractivity contribution in [2.75, 3.05) is 12.3 Å². The van der Waals surface area contributed by atoms with Crippen LogP contribution in [-0.4, -0.2) is 17.4 Å². The van der Waals surface area contributed by atoms with Crippen LogP contribution in [0.1, 0.15) is 22.8 Å². The van der Waals surface area contributed by atoms with E-state index in [-0.39, 0.29) is 11.3 Å². The lowest BCUT2D eigenvalue weighted by Crippen LogP contribution is -2.31. The second-order valence-corrected chi connectivity index (χ2v) is 4.66. The van der Waals surface area contributed by atoms with E-state index in [4.69, 9.17) is 5.73 Å². The van der Waals surface area contributed by atoms with Gasteiger partial charge >= 0.3 is 0 Å². The van der Waals surface area contributed by atoms with Crippen LogP contribution < -0.4 is 5.73 Å². The Morgan fingerprint density at radius 3 is 2.38 bits per heavy atom. The normalized spacial score (nSPS) is 10.4. The van der Waals surface area contributed by atoms with Crippen molar-refractivity contribution in [3.8, 4) is 0 Å². The predicted octanol–water partition coefficient (Wildman–Crippen LogP) is 3.21. The molecule has 0 fully saturated rings. The molecule has 2 aromatic carbocycles. The van der Waals surface area contributed by atoms with E-state index in [1.807, 2.05) is 37.3 Å². The van der Waals surface area contributed by atoms with E-state index < -0.39 is 17.5 Å². The largest absolute Gasteiger partial charge is 0.398 e. The third-order valence-electron chi connectivity index (χ3n) is 3.21. The number of benzene rings is 2. The van der Waals surface area contributed by atoms with Crippen molar-refractivity contribution >= 4 is 11.6 Å². The lowest BCUT2D eigenvalue weighted by atomic mass is 10.1. The van der Waals surface area contributed by atoms with Crippen LogP contribution in [-0.2, 0) is 6.54 Å². The van der Waals surface area contributed by atoms with Crippen molar-refractivity contribution in [3.05, 3.63) is 65.2 Å². The summed E-state index contributed by atoms with van der Waals surface area (Å²) in [5, 5.41) is 0. The first-order valence-electron chi connectivity index (χ1n) is 6.60. The van der Waals surface area contributed by atoms with Crippen molar-refractivity contribution in [1.29, 1.82) is 0 Å². The first-order valence-corrected chi connectivity index (χ1v) is 6.60. The quantitative estimate of drug-likeness (QED) is 0.879. The zero-order chi connectivity index (χ0) is 15.4. The molecular weight excluding hydrogens is 274 g/mol. The Morgan fingerprint density at radius 1 is 1.14 bits per heavy atom. The molecular formula is C16H16F2N2O. The van der Waals surface area contributed by atoms with Crippen LogP contribution in [0.25, 0.3) is 0 Å². The molecule has 2 N–H and O–H groups in total. The predicted molar refractivity (Wildman–Crippen MR) is 77.6 cm³/mol. The Hall–Kier alpha value is -2.43. The Bertz CT molecular complexity index is 644. The number of rotatable bonds is 4. The molecule has 0 bridgehead atoms. The first-order chi connectivity index (χ1) is 10.0. The van der Waals surface area contributed by atoms with Gasteiger partial charge < -0.3 is 10.6 Å². The molecule has 2 rings (SSSR count). The molecule has 0 saturated heterocycles. The van der Waals surface area contributed by atoms with E-state index in [0.29, 0.717) is 13.1 Å². The molecule has 0 aromatic heterocycles. The molecule has 2 aromatic rings. The van der Waals surface area contributed by atoms with Crippen molar-refractivity contribution in [2.45, 2.75) is 13.5 Å². The number of hydrogen-bond donors (Lipinski definition) is 1. The van der Waals surface area contributed by atoms with E-state index in [1.54, 1.807) is 0 Å². The monoisotopic (exact) mass is 290 g/mol. The zero-order valence-electron chi connectivity index (χ0n) is 11.6. The van der Waals surface area contributed by atoms with Gasteiger partial charge in [-0.25, -0.2) is 8.78 Å². The Morgan fingerprint density at radius 2 is 1.76 bits per heavy atom. The summed E-state index contributed by atoms with van der Waals surface area (Å²) in [7, 11) is 0. The maximum Gasteiger partial charge on any atom is 0.256 e. The highest BCUT2D eigenvalue weighted by Crippen LogP contribution is 2.20. The summed E-state index contributed by atoms with van der Waals surface area (Å²) in [4.78, 5) is 13.9. The van der Waals surface area contributed by atoms with Crippen LogP contribution in [0.3, 0.4) is 0 Å². The molecule has 21 heavy (non-hydrogen) atoms. The van der Waals surface area contributed by atoms with Crippen LogP contribution in [0.15, 0.2) is 42.5 Å². The number of halogens is 2. The van der Waals surface area contributed by atoms with Gasteiger partial charge in [0.2, 0.25) is 0 Å². The third-order valence-corrected chi connectivity index (χ3v) is 3.21. The minimum atomic E-state index is -1.08. The fraction of sp³-hybridized carbons (Fsp3) is 0.188. The number of anilines is 1. The fourth-order valence-electron chi connectivity index (χ4n) is 2.05. The van der Waals surface area contributed by atoms with Gasteiger partial charge in [0, 0.05) is 24.8 Å². The van der Waals surface area contributed by atoms with Crippen molar-refractivity contribution in [2.24, 2.45) is 0 Å². The summed E-state index contributed by atoms with van der Waals surface area (Å²) in [6, 6.07) is 11.1. The van der Waals surface area contributed by atoms with Crippen LogP contribution >= 0.6 is 0 Å². The van der Waals surface area contributed by atoms with Gasteiger partial charge in [-0.2, -0.15) is 0 Å². The van der Waals surface area contributed by atoms with E-state index in [0.717, 1.165) is 17.7 Å². The zero-order valence-corrected chi connectivity index (χ0v) is 11.6. The van der Waals surface area contributed by atoms with E-state index in [1.165, 1.54) is 4.90 Å². The van der Waals surface area contributed by atoms with Gasteiger partial charge in [-0.15, -0.1) is 0 Å². The molecule has 0 aliphatic carbocycles.